The fourth-order valence-electron chi connectivity index (χ4n) is 1.55. The third-order valence-corrected chi connectivity index (χ3v) is 2.77. The largest absolute Gasteiger partial charge is 0.496 e. The molecule has 0 unspecified atom stereocenters. The van der Waals surface area contributed by atoms with E-state index in [0.29, 0.717) is 16.3 Å². The minimum atomic E-state index is -0.591. The summed E-state index contributed by atoms with van der Waals surface area (Å²) >= 11 is 11.6. The molecule has 0 saturated heterocycles. The van der Waals surface area contributed by atoms with Crippen LogP contribution in [0.4, 0.5) is 5.69 Å². The van der Waals surface area contributed by atoms with Crippen molar-refractivity contribution in [3.63, 3.8) is 0 Å². The predicted octanol–water partition coefficient (Wildman–Crippen LogP) is 3.37. The van der Waals surface area contributed by atoms with Crippen molar-refractivity contribution >= 4 is 28.9 Å². The van der Waals surface area contributed by atoms with Crippen LogP contribution in [0.3, 0.4) is 0 Å². The molecule has 19 heavy (non-hydrogen) atoms. The zero-order chi connectivity index (χ0) is 14.0. The van der Waals surface area contributed by atoms with Gasteiger partial charge in [-0.2, -0.15) is 0 Å². The first-order valence-electron chi connectivity index (χ1n) is 5.03. The Bertz CT molecular complexity index is 649. The fraction of sp³-hybridized carbons (Fsp3) is 0.0909. The van der Waals surface area contributed by atoms with Crippen molar-refractivity contribution in [3.8, 4) is 17.0 Å². The van der Waals surface area contributed by atoms with Crippen LogP contribution in [0.2, 0.25) is 10.3 Å². The van der Waals surface area contributed by atoms with E-state index < -0.39 is 4.92 Å². The number of halogens is 2. The van der Waals surface area contributed by atoms with Crippen molar-refractivity contribution in [2.45, 2.75) is 0 Å². The number of aromatic nitrogens is 2. The Morgan fingerprint density at radius 1 is 1.37 bits per heavy atom. The van der Waals surface area contributed by atoms with E-state index in [-0.39, 0.29) is 16.7 Å². The summed E-state index contributed by atoms with van der Waals surface area (Å²) in [5, 5.41) is 11.3. The standard InChI is InChI=1S/C11H7Cl2N3O3/c1-19-9-3-2-6(12)4-7(9)10-8(16(17)18)5-14-11(13)15-10/h2-5H,1H3. The van der Waals surface area contributed by atoms with Gasteiger partial charge in [0.1, 0.15) is 11.9 Å². The molecule has 0 saturated carbocycles. The second-order valence-electron chi connectivity index (χ2n) is 3.47. The normalized spacial score (nSPS) is 10.3. The van der Waals surface area contributed by atoms with Gasteiger partial charge in [0.15, 0.2) is 5.69 Å². The molecule has 0 amide bonds. The van der Waals surface area contributed by atoms with E-state index in [9.17, 15) is 10.1 Å². The minimum absolute atomic E-state index is 0.0596. The monoisotopic (exact) mass is 299 g/mol. The lowest BCUT2D eigenvalue weighted by Gasteiger charge is -2.08. The van der Waals surface area contributed by atoms with Crippen LogP contribution < -0.4 is 4.74 Å². The topological polar surface area (TPSA) is 78.2 Å². The predicted molar refractivity (Wildman–Crippen MR) is 70.7 cm³/mol. The van der Waals surface area contributed by atoms with Crippen LogP contribution in [0.15, 0.2) is 24.4 Å². The number of nitrogens with zero attached hydrogens (tertiary/aromatic N) is 3. The number of benzene rings is 1. The van der Waals surface area contributed by atoms with Gasteiger partial charge in [0, 0.05) is 5.02 Å². The molecule has 8 heteroatoms. The van der Waals surface area contributed by atoms with Gasteiger partial charge in [-0.05, 0) is 29.8 Å². The van der Waals surface area contributed by atoms with E-state index in [2.05, 4.69) is 9.97 Å². The van der Waals surface area contributed by atoms with Gasteiger partial charge in [0.2, 0.25) is 5.28 Å². The third-order valence-electron chi connectivity index (χ3n) is 2.35. The molecule has 0 radical (unpaired) electrons. The maximum Gasteiger partial charge on any atom is 0.313 e. The highest BCUT2D eigenvalue weighted by Gasteiger charge is 2.21. The van der Waals surface area contributed by atoms with Gasteiger partial charge in [-0.15, -0.1) is 0 Å². The molecule has 98 valence electrons. The van der Waals surface area contributed by atoms with Crippen molar-refractivity contribution in [3.05, 3.63) is 44.8 Å². The van der Waals surface area contributed by atoms with Crippen LogP contribution >= 0.6 is 23.2 Å². The molecule has 2 rings (SSSR count). The van der Waals surface area contributed by atoms with E-state index in [4.69, 9.17) is 27.9 Å². The summed E-state index contributed by atoms with van der Waals surface area (Å²) in [6, 6.07) is 4.72. The molecule has 0 spiro atoms. The quantitative estimate of drug-likeness (QED) is 0.493. The maximum absolute atomic E-state index is 11.0. The number of rotatable bonds is 3. The highest BCUT2D eigenvalue weighted by atomic mass is 35.5. The van der Waals surface area contributed by atoms with Crippen molar-refractivity contribution in [2.24, 2.45) is 0 Å². The highest BCUT2D eigenvalue weighted by molar-refractivity contribution is 6.31. The van der Waals surface area contributed by atoms with E-state index in [1.54, 1.807) is 12.1 Å². The lowest BCUT2D eigenvalue weighted by Crippen LogP contribution is -1.98. The Morgan fingerprint density at radius 2 is 2.11 bits per heavy atom. The molecule has 1 heterocycles. The number of hydrogen-bond donors (Lipinski definition) is 0. The lowest BCUT2D eigenvalue weighted by atomic mass is 10.1. The van der Waals surface area contributed by atoms with Gasteiger partial charge in [-0.1, -0.05) is 11.6 Å². The molecule has 2 aromatic rings. The van der Waals surface area contributed by atoms with Gasteiger partial charge in [0.25, 0.3) is 0 Å². The average molecular weight is 300 g/mol. The zero-order valence-electron chi connectivity index (χ0n) is 9.63. The van der Waals surface area contributed by atoms with Crippen LogP contribution in [-0.4, -0.2) is 22.0 Å². The van der Waals surface area contributed by atoms with Crippen molar-refractivity contribution < 1.29 is 9.66 Å². The molecule has 0 aliphatic heterocycles. The summed E-state index contributed by atoms with van der Waals surface area (Å²) in [7, 11) is 1.45. The fourth-order valence-corrected chi connectivity index (χ4v) is 1.86. The molecule has 0 atom stereocenters. The summed E-state index contributed by atoms with van der Waals surface area (Å²) in [6.45, 7) is 0. The number of methoxy groups -OCH3 is 1. The number of nitro groups is 1. The zero-order valence-corrected chi connectivity index (χ0v) is 11.1. The molecule has 0 bridgehead atoms. The minimum Gasteiger partial charge on any atom is -0.496 e. The average Bonchev–Trinajstić information content (AvgIpc) is 2.38. The van der Waals surface area contributed by atoms with Crippen molar-refractivity contribution in [1.29, 1.82) is 0 Å². The number of ether oxygens (including phenoxy) is 1. The molecule has 0 fully saturated rings. The molecule has 1 aromatic heterocycles. The number of hydrogen-bond acceptors (Lipinski definition) is 5. The van der Waals surface area contributed by atoms with Crippen molar-refractivity contribution in [2.75, 3.05) is 7.11 Å². The first kappa shape index (κ1) is 13.5. The molecule has 0 N–H and O–H groups in total. The molecule has 1 aromatic carbocycles. The first-order valence-corrected chi connectivity index (χ1v) is 5.79. The first-order chi connectivity index (χ1) is 9.02. The Morgan fingerprint density at radius 3 is 2.74 bits per heavy atom. The lowest BCUT2D eigenvalue weighted by molar-refractivity contribution is -0.384. The van der Waals surface area contributed by atoms with Crippen molar-refractivity contribution in [1.82, 2.24) is 9.97 Å². The molecular weight excluding hydrogens is 293 g/mol. The Hall–Kier alpha value is -1.92. The Labute approximate surface area is 118 Å². The van der Waals surface area contributed by atoms with Crippen LogP contribution in [0.1, 0.15) is 0 Å². The maximum atomic E-state index is 11.0. The summed E-state index contributed by atoms with van der Waals surface area (Å²) in [4.78, 5) is 17.9. The molecule has 0 aliphatic rings. The van der Waals surface area contributed by atoms with Gasteiger partial charge >= 0.3 is 5.69 Å². The third kappa shape index (κ3) is 2.74. The van der Waals surface area contributed by atoms with Crippen LogP contribution in [0.25, 0.3) is 11.3 Å². The highest BCUT2D eigenvalue weighted by Crippen LogP contribution is 2.36. The van der Waals surface area contributed by atoms with Gasteiger partial charge in [-0.25, -0.2) is 9.97 Å². The smallest absolute Gasteiger partial charge is 0.313 e. The molecule has 0 aliphatic carbocycles. The molecular formula is C11H7Cl2N3O3. The van der Waals surface area contributed by atoms with Crippen LogP contribution in [-0.2, 0) is 0 Å². The SMILES string of the molecule is COc1ccc(Cl)cc1-c1nc(Cl)ncc1[N+](=O)[O-]. The Kier molecular flexibility index (Phi) is 3.82. The van der Waals surface area contributed by atoms with E-state index >= 15 is 0 Å². The van der Waals surface area contributed by atoms with E-state index in [0.717, 1.165) is 6.20 Å². The second-order valence-corrected chi connectivity index (χ2v) is 4.25. The van der Waals surface area contributed by atoms with Crippen LogP contribution in [0.5, 0.6) is 5.75 Å². The van der Waals surface area contributed by atoms with Gasteiger partial charge < -0.3 is 4.74 Å². The van der Waals surface area contributed by atoms with E-state index in [1.807, 2.05) is 0 Å². The summed E-state index contributed by atoms with van der Waals surface area (Å²) in [5.41, 5.74) is 0.167. The second kappa shape index (κ2) is 5.38. The summed E-state index contributed by atoms with van der Waals surface area (Å²) in [6.07, 6.45) is 1.05. The van der Waals surface area contributed by atoms with E-state index in [1.165, 1.54) is 13.2 Å². The molecule has 6 nitrogen and oxygen atoms in total. The van der Waals surface area contributed by atoms with Gasteiger partial charge in [-0.3, -0.25) is 10.1 Å². The Balaban J connectivity index is 2.73. The summed E-state index contributed by atoms with van der Waals surface area (Å²) < 4.78 is 5.14. The van der Waals surface area contributed by atoms with Crippen LogP contribution in [0, 0.1) is 10.1 Å². The summed E-state index contributed by atoms with van der Waals surface area (Å²) in [5.74, 6) is 0.405. The van der Waals surface area contributed by atoms with Gasteiger partial charge in [0.05, 0.1) is 17.6 Å².